The van der Waals surface area contributed by atoms with E-state index in [1.807, 2.05) is 17.0 Å². The highest BCUT2D eigenvalue weighted by atomic mass is 16.2. The van der Waals surface area contributed by atoms with Crippen LogP contribution < -0.4 is 10.6 Å². The van der Waals surface area contributed by atoms with Gasteiger partial charge in [-0.15, -0.1) is 0 Å². The molecule has 0 radical (unpaired) electrons. The smallest absolute Gasteiger partial charge is 0.237 e. The minimum Gasteiger partial charge on any atom is -0.350 e. The fourth-order valence-corrected chi connectivity index (χ4v) is 4.28. The minimum absolute atomic E-state index is 0.0103. The first-order chi connectivity index (χ1) is 11.7. The molecule has 2 fully saturated rings. The number of rotatable bonds is 2. The standard InChI is InChI=1S/C19H25N3O2/c23-18(22-10-9-13-5-1-2-6-14(13)12-22)11-17-19(24)21-16-8-4-3-7-15(16)20-17/h1-2,5-6,15-17,20H,3-4,7-12H2,(H,21,24)/t15-,16+,17+/m1/s1. The van der Waals surface area contributed by atoms with Crippen LogP contribution in [0.2, 0.25) is 0 Å². The quantitative estimate of drug-likeness (QED) is 0.862. The maximum absolute atomic E-state index is 12.7. The first kappa shape index (κ1) is 15.6. The van der Waals surface area contributed by atoms with Gasteiger partial charge in [-0.05, 0) is 30.4 Å². The Kier molecular flexibility index (Phi) is 4.27. The van der Waals surface area contributed by atoms with E-state index in [1.54, 1.807) is 0 Å². The number of carbonyl (C=O) groups excluding carboxylic acids is 2. The highest BCUT2D eigenvalue weighted by molar-refractivity contribution is 5.89. The fourth-order valence-electron chi connectivity index (χ4n) is 4.28. The third-order valence-corrected chi connectivity index (χ3v) is 5.69. The highest BCUT2D eigenvalue weighted by Crippen LogP contribution is 2.23. The van der Waals surface area contributed by atoms with Gasteiger partial charge in [-0.1, -0.05) is 37.1 Å². The van der Waals surface area contributed by atoms with Crippen molar-refractivity contribution in [3.8, 4) is 0 Å². The van der Waals surface area contributed by atoms with E-state index >= 15 is 0 Å². The van der Waals surface area contributed by atoms with E-state index in [-0.39, 0.29) is 30.3 Å². The Balaban J connectivity index is 1.38. The van der Waals surface area contributed by atoms with Gasteiger partial charge in [0.2, 0.25) is 11.8 Å². The summed E-state index contributed by atoms with van der Waals surface area (Å²) in [5.41, 5.74) is 2.56. The summed E-state index contributed by atoms with van der Waals surface area (Å²) >= 11 is 0. The zero-order valence-electron chi connectivity index (χ0n) is 14.0. The molecule has 1 aromatic rings. The van der Waals surface area contributed by atoms with Crippen LogP contribution in [0.1, 0.15) is 43.2 Å². The topological polar surface area (TPSA) is 61.4 Å². The number of nitrogens with zero attached hydrogens (tertiary/aromatic N) is 1. The Morgan fingerprint density at radius 2 is 1.88 bits per heavy atom. The lowest BCUT2D eigenvalue weighted by molar-refractivity contribution is -0.137. The van der Waals surface area contributed by atoms with E-state index in [1.165, 1.54) is 24.0 Å². The maximum Gasteiger partial charge on any atom is 0.237 e. The van der Waals surface area contributed by atoms with Crippen molar-refractivity contribution in [2.75, 3.05) is 6.54 Å². The Morgan fingerprint density at radius 1 is 1.12 bits per heavy atom. The molecule has 1 saturated heterocycles. The minimum atomic E-state index is -0.381. The van der Waals surface area contributed by atoms with Crippen LogP contribution in [0, 0.1) is 0 Å². The molecule has 4 rings (SSSR count). The molecule has 5 nitrogen and oxygen atoms in total. The van der Waals surface area contributed by atoms with Crippen molar-refractivity contribution in [3.05, 3.63) is 35.4 Å². The summed E-state index contributed by atoms with van der Waals surface area (Å²) in [4.78, 5) is 26.9. The lowest BCUT2D eigenvalue weighted by Gasteiger charge is -2.41. The maximum atomic E-state index is 12.7. The molecule has 0 unspecified atom stereocenters. The predicted octanol–water partition coefficient (Wildman–Crippen LogP) is 1.36. The number of piperazine rings is 1. The summed E-state index contributed by atoms with van der Waals surface area (Å²) in [7, 11) is 0. The highest BCUT2D eigenvalue weighted by Gasteiger charge is 2.37. The first-order valence-electron chi connectivity index (χ1n) is 9.12. The molecular weight excluding hydrogens is 302 g/mol. The lowest BCUT2D eigenvalue weighted by Crippen LogP contribution is -2.65. The summed E-state index contributed by atoms with van der Waals surface area (Å²) < 4.78 is 0. The molecule has 24 heavy (non-hydrogen) atoms. The first-order valence-corrected chi connectivity index (χ1v) is 9.12. The summed E-state index contributed by atoms with van der Waals surface area (Å²) in [6.45, 7) is 1.41. The van der Waals surface area contributed by atoms with Crippen LogP contribution in [0.25, 0.3) is 0 Å². The van der Waals surface area contributed by atoms with Gasteiger partial charge in [0.1, 0.15) is 0 Å². The number of hydrogen-bond acceptors (Lipinski definition) is 3. The van der Waals surface area contributed by atoms with Crippen LogP contribution in [0.15, 0.2) is 24.3 Å². The Hall–Kier alpha value is -1.88. The molecule has 5 heteroatoms. The molecule has 2 aliphatic heterocycles. The van der Waals surface area contributed by atoms with Gasteiger partial charge in [-0.2, -0.15) is 0 Å². The van der Waals surface area contributed by atoms with Crippen LogP contribution in [0.4, 0.5) is 0 Å². The number of nitrogens with one attached hydrogen (secondary N) is 2. The average Bonchev–Trinajstić information content (AvgIpc) is 2.62. The van der Waals surface area contributed by atoms with Crippen LogP contribution in [0.3, 0.4) is 0 Å². The second kappa shape index (κ2) is 6.55. The SMILES string of the molecule is O=C1N[C@H]2CCCC[C@H]2N[C@H]1CC(=O)N1CCc2ccccc2C1. The van der Waals surface area contributed by atoms with Crippen molar-refractivity contribution in [2.45, 2.75) is 63.2 Å². The Morgan fingerprint density at radius 3 is 2.71 bits per heavy atom. The van der Waals surface area contributed by atoms with Crippen molar-refractivity contribution in [3.63, 3.8) is 0 Å². The van der Waals surface area contributed by atoms with Crippen molar-refractivity contribution >= 4 is 11.8 Å². The average molecular weight is 327 g/mol. The van der Waals surface area contributed by atoms with Crippen LogP contribution >= 0.6 is 0 Å². The van der Waals surface area contributed by atoms with E-state index in [9.17, 15) is 9.59 Å². The van der Waals surface area contributed by atoms with Gasteiger partial charge in [0.15, 0.2) is 0 Å². The molecule has 128 valence electrons. The van der Waals surface area contributed by atoms with Gasteiger partial charge >= 0.3 is 0 Å². The van der Waals surface area contributed by atoms with Crippen molar-refractivity contribution in [1.29, 1.82) is 0 Å². The van der Waals surface area contributed by atoms with Crippen LogP contribution in [0.5, 0.6) is 0 Å². The molecule has 2 N–H and O–H groups in total. The molecule has 1 aliphatic carbocycles. The Labute approximate surface area is 142 Å². The molecule has 1 aromatic carbocycles. The van der Waals surface area contributed by atoms with E-state index in [0.29, 0.717) is 12.6 Å². The fraction of sp³-hybridized carbons (Fsp3) is 0.579. The molecule has 2 heterocycles. The second-order valence-electron chi connectivity index (χ2n) is 7.26. The van der Waals surface area contributed by atoms with Gasteiger partial charge < -0.3 is 15.5 Å². The zero-order chi connectivity index (χ0) is 16.5. The molecular formula is C19H25N3O2. The van der Waals surface area contributed by atoms with E-state index in [4.69, 9.17) is 0 Å². The van der Waals surface area contributed by atoms with Crippen molar-refractivity contribution in [1.82, 2.24) is 15.5 Å². The molecule has 0 aromatic heterocycles. The van der Waals surface area contributed by atoms with Gasteiger partial charge in [0.25, 0.3) is 0 Å². The third-order valence-electron chi connectivity index (χ3n) is 5.69. The van der Waals surface area contributed by atoms with Gasteiger partial charge in [0.05, 0.1) is 12.5 Å². The van der Waals surface area contributed by atoms with E-state index < -0.39 is 0 Å². The molecule has 1 saturated carbocycles. The number of carbonyl (C=O) groups is 2. The monoisotopic (exact) mass is 327 g/mol. The van der Waals surface area contributed by atoms with E-state index in [2.05, 4.69) is 22.8 Å². The molecule has 2 amide bonds. The number of hydrogen-bond donors (Lipinski definition) is 2. The Bertz CT molecular complexity index is 645. The largest absolute Gasteiger partial charge is 0.350 e. The second-order valence-corrected chi connectivity index (χ2v) is 7.26. The summed E-state index contributed by atoms with van der Waals surface area (Å²) in [6, 6.07) is 8.49. The number of benzene rings is 1. The van der Waals surface area contributed by atoms with Crippen molar-refractivity contribution in [2.24, 2.45) is 0 Å². The van der Waals surface area contributed by atoms with Crippen LogP contribution in [-0.2, 0) is 22.6 Å². The molecule has 3 atom stereocenters. The van der Waals surface area contributed by atoms with Gasteiger partial charge in [-0.3, -0.25) is 9.59 Å². The normalized spacial score (nSPS) is 29.4. The predicted molar refractivity (Wildman–Crippen MR) is 91.3 cm³/mol. The summed E-state index contributed by atoms with van der Waals surface area (Å²) in [5, 5.41) is 6.55. The zero-order valence-corrected chi connectivity index (χ0v) is 14.0. The molecule has 0 bridgehead atoms. The lowest BCUT2D eigenvalue weighted by atomic mass is 9.87. The number of amides is 2. The number of fused-ring (bicyclic) bond motifs is 2. The van der Waals surface area contributed by atoms with E-state index in [0.717, 1.165) is 25.8 Å². The molecule has 0 spiro atoms. The van der Waals surface area contributed by atoms with Gasteiger partial charge in [-0.25, -0.2) is 0 Å². The van der Waals surface area contributed by atoms with Crippen molar-refractivity contribution < 1.29 is 9.59 Å². The van der Waals surface area contributed by atoms with Crippen LogP contribution in [-0.4, -0.2) is 41.4 Å². The summed E-state index contributed by atoms with van der Waals surface area (Å²) in [6.07, 6.45) is 5.68. The summed E-state index contributed by atoms with van der Waals surface area (Å²) in [5.74, 6) is 0.0651. The molecule has 3 aliphatic rings. The third kappa shape index (κ3) is 3.05. The van der Waals surface area contributed by atoms with Gasteiger partial charge in [0, 0.05) is 25.2 Å².